The van der Waals surface area contributed by atoms with Crippen LogP contribution in [0.2, 0.25) is 0 Å². The van der Waals surface area contributed by atoms with Gasteiger partial charge in [0.25, 0.3) is 0 Å². The van der Waals surface area contributed by atoms with E-state index in [4.69, 9.17) is 9.47 Å². The van der Waals surface area contributed by atoms with E-state index < -0.39 is 20.7 Å². The smallest absolute Gasteiger partial charge is 0.337 e. The number of sulfonamides is 1. The van der Waals surface area contributed by atoms with Gasteiger partial charge < -0.3 is 14.6 Å². The lowest BCUT2D eigenvalue weighted by Crippen LogP contribution is -2.34. The Morgan fingerprint density at radius 3 is 2.00 bits per heavy atom. The van der Waals surface area contributed by atoms with Crippen molar-refractivity contribution in [2.45, 2.75) is 25.5 Å². The van der Waals surface area contributed by atoms with E-state index >= 15 is 0 Å². The standard InChI is InChI=1S/C13H19NO6S/c1-13(2,3)21(17,18)14-9-7-11(20-5)10(19-4)6-8(9)12(15)16/h6-7,14H,1-5H3,(H,15,16). The molecule has 0 aliphatic rings. The summed E-state index contributed by atoms with van der Waals surface area (Å²) >= 11 is 0. The molecule has 0 fully saturated rings. The molecular weight excluding hydrogens is 298 g/mol. The zero-order valence-electron chi connectivity index (χ0n) is 12.6. The van der Waals surface area contributed by atoms with Gasteiger partial charge in [0.05, 0.1) is 30.2 Å². The third-order valence-electron chi connectivity index (χ3n) is 2.80. The molecule has 0 unspecified atom stereocenters. The predicted octanol–water partition coefficient (Wildman–Crippen LogP) is 1.94. The van der Waals surface area contributed by atoms with Gasteiger partial charge in [-0.2, -0.15) is 0 Å². The molecule has 0 saturated carbocycles. The highest BCUT2D eigenvalue weighted by molar-refractivity contribution is 7.94. The van der Waals surface area contributed by atoms with Crippen molar-refractivity contribution in [1.29, 1.82) is 0 Å². The largest absolute Gasteiger partial charge is 0.493 e. The summed E-state index contributed by atoms with van der Waals surface area (Å²) < 4.78 is 35.6. The van der Waals surface area contributed by atoms with Crippen LogP contribution in [0.3, 0.4) is 0 Å². The van der Waals surface area contributed by atoms with Gasteiger partial charge in [0, 0.05) is 12.1 Å². The first-order valence-electron chi connectivity index (χ1n) is 6.05. The Hall–Kier alpha value is -1.96. The number of benzene rings is 1. The molecule has 0 aliphatic carbocycles. The second kappa shape index (κ2) is 5.80. The van der Waals surface area contributed by atoms with Crippen LogP contribution in [0.5, 0.6) is 11.5 Å². The van der Waals surface area contributed by atoms with Crippen LogP contribution in [0.4, 0.5) is 5.69 Å². The van der Waals surface area contributed by atoms with Gasteiger partial charge in [-0.3, -0.25) is 4.72 Å². The summed E-state index contributed by atoms with van der Waals surface area (Å²) in [5.74, 6) is -0.842. The average molecular weight is 317 g/mol. The number of carboxylic acids is 1. The third-order valence-corrected chi connectivity index (χ3v) is 4.91. The van der Waals surface area contributed by atoms with E-state index in [9.17, 15) is 18.3 Å². The van der Waals surface area contributed by atoms with Gasteiger partial charge in [-0.05, 0) is 20.8 Å². The van der Waals surface area contributed by atoms with Crippen LogP contribution in [0.15, 0.2) is 12.1 Å². The SMILES string of the molecule is COc1cc(NS(=O)(=O)C(C)(C)C)c(C(=O)O)cc1OC. The van der Waals surface area contributed by atoms with Gasteiger partial charge in [-0.25, -0.2) is 13.2 Å². The first-order chi connectivity index (χ1) is 9.53. The maximum atomic E-state index is 12.2. The van der Waals surface area contributed by atoms with Crippen molar-refractivity contribution in [3.8, 4) is 11.5 Å². The second-order valence-electron chi connectivity index (χ2n) is 5.28. The first-order valence-corrected chi connectivity index (χ1v) is 7.53. The fraction of sp³-hybridized carbons (Fsp3) is 0.462. The molecule has 1 rings (SSSR count). The van der Waals surface area contributed by atoms with Crippen molar-refractivity contribution < 1.29 is 27.8 Å². The highest BCUT2D eigenvalue weighted by Crippen LogP contribution is 2.34. The summed E-state index contributed by atoms with van der Waals surface area (Å²) in [6, 6.07) is 2.49. The molecule has 0 atom stereocenters. The van der Waals surface area contributed by atoms with E-state index in [1.54, 1.807) is 0 Å². The van der Waals surface area contributed by atoms with E-state index in [1.165, 1.54) is 47.1 Å². The molecule has 0 saturated heterocycles. The molecule has 8 heteroatoms. The molecule has 0 amide bonds. The monoisotopic (exact) mass is 317 g/mol. The predicted molar refractivity (Wildman–Crippen MR) is 78.8 cm³/mol. The number of methoxy groups -OCH3 is 2. The van der Waals surface area contributed by atoms with Crippen molar-refractivity contribution in [2.75, 3.05) is 18.9 Å². The van der Waals surface area contributed by atoms with Gasteiger partial charge >= 0.3 is 5.97 Å². The molecule has 0 aromatic heterocycles. The minimum Gasteiger partial charge on any atom is -0.493 e. The van der Waals surface area contributed by atoms with E-state index in [0.717, 1.165) is 0 Å². The number of ether oxygens (including phenoxy) is 2. The number of rotatable bonds is 5. The van der Waals surface area contributed by atoms with Crippen LogP contribution < -0.4 is 14.2 Å². The van der Waals surface area contributed by atoms with Crippen molar-refractivity contribution >= 4 is 21.7 Å². The lowest BCUT2D eigenvalue weighted by Gasteiger charge is -2.22. The zero-order chi connectivity index (χ0) is 16.4. The number of hydrogen-bond acceptors (Lipinski definition) is 5. The number of hydrogen-bond donors (Lipinski definition) is 2. The van der Waals surface area contributed by atoms with Crippen LogP contribution in [0.1, 0.15) is 31.1 Å². The quantitative estimate of drug-likeness (QED) is 0.860. The number of anilines is 1. The first kappa shape index (κ1) is 17.1. The fourth-order valence-corrected chi connectivity index (χ4v) is 2.20. The molecular formula is C13H19NO6S. The van der Waals surface area contributed by atoms with Gasteiger partial charge in [-0.1, -0.05) is 0 Å². The molecule has 1 aromatic carbocycles. The highest BCUT2D eigenvalue weighted by Gasteiger charge is 2.30. The summed E-state index contributed by atoms with van der Waals surface area (Å²) in [6.45, 7) is 4.53. The van der Waals surface area contributed by atoms with Crippen LogP contribution in [0.25, 0.3) is 0 Å². The molecule has 2 N–H and O–H groups in total. The van der Waals surface area contributed by atoms with E-state index in [2.05, 4.69) is 4.72 Å². The normalized spacial score (nSPS) is 11.9. The minimum atomic E-state index is -3.76. The molecule has 7 nitrogen and oxygen atoms in total. The van der Waals surface area contributed by atoms with E-state index in [1.807, 2.05) is 0 Å². The van der Waals surface area contributed by atoms with Crippen molar-refractivity contribution in [3.63, 3.8) is 0 Å². The molecule has 0 bridgehead atoms. The van der Waals surface area contributed by atoms with Crippen LogP contribution in [0, 0.1) is 0 Å². The molecule has 0 radical (unpaired) electrons. The molecule has 0 heterocycles. The van der Waals surface area contributed by atoms with E-state index in [-0.39, 0.29) is 22.7 Å². The van der Waals surface area contributed by atoms with E-state index in [0.29, 0.717) is 0 Å². The Morgan fingerprint density at radius 1 is 1.14 bits per heavy atom. The summed E-state index contributed by atoms with van der Waals surface area (Å²) in [5, 5.41) is 9.22. The Balaban J connectivity index is 3.45. The molecule has 0 aliphatic heterocycles. The second-order valence-corrected chi connectivity index (χ2v) is 7.71. The van der Waals surface area contributed by atoms with Crippen molar-refractivity contribution in [1.82, 2.24) is 0 Å². The molecule has 1 aromatic rings. The maximum absolute atomic E-state index is 12.2. The maximum Gasteiger partial charge on any atom is 0.337 e. The summed E-state index contributed by atoms with van der Waals surface area (Å²) in [6.07, 6.45) is 0. The number of nitrogens with one attached hydrogen (secondary N) is 1. The molecule has 118 valence electrons. The van der Waals surface area contributed by atoms with Crippen LogP contribution in [-0.4, -0.2) is 38.5 Å². The lowest BCUT2D eigenvalue weighted by atomic mass is 10.1. The fourth-order valence-electron chi connectivity index (χ4n) is 1.44. The molecule has 21 heavy (non-hydrogen) atoms. The topological polar surface area (TPSA) is 102 Å². The van der Waals surface area contributed by atoms with Gasteiger partial charge in [-0.15, -0.1) is 0 Å². The van der Waals surface area contributed by atoms with Gasteiger partial charge in [0.15, 0.2) is 11.5 Å². The zero-order valence-corrected chi connectivity index (χ0v) is 13.4. The van der Waals surface area contributed by atoms with Crippen LogP contribution in [-0.2, 0) is 10.0 Å². The Labute approximate surface area is 123 Å². The average Bonchev–Trinajstić information content (AvgIpc) is 2.36. The lowest BCUT2D eigenvalue weighted by molar-refractivity contribution is 0.0697. The summed E-state index contributed by atoms with van der Waals surface area (Å²) in [7, 11) is -1.02. The number of aromatic carboxylic acids is 1. The van der Waals surface area contributed by atoms with Crippen molar-refractivity contribution in [2.24, 2.45) is 0 Å². The number of carboxylic acid groups (broad SMARTS) is 1. The van der Waals surface area contributed by atoms with Gasteiger partial charge in [0.2, 0.25) is 10.0 Å². The minimum absolute atomic E-state index is 0.0740. The number of carbonyl (C=O) groups is 1. The Morgan fingerprint density at radius 2 is 1.62 bits per heavy atom. The summed E-state index contributed by atoms with van der Waals surface area (Å²) in [4.78, 5) is 11.3. The van der Waals surface area contributed by atoms with Crippen LogP contribution >= 0.6 is 0 Å². The Kier molecular flexibility index (Phi) is 4.72. The van der Waals surface area contributed by atoms with Crippen molar-refractivity contribution in [3.05, 3.63) is 17.7 Å². The summed E-state index contributed by atoms with van der Waals surface area (Å²) in [5.41, 5.74) is -0.296. The highest BCUT2D eigenvalue weighted by atomic mass is 32.2. The molecule has 0 spiro atoms. The third kappa shape index (κ3) is 3.57. The Bertz CT molecular complexity index is 645. The van der Waals surface area contributed by atoms with Gasteiger partial charge in [0.1, 0.15) is 0 Å².